The summed E-state index contributed by atoms with van der Waals surface area (Å²) in [6.07, 6.45) is -6.77. The lowest BCUT2D eigenvalue weighted by molar-refractivity contribution is -0.295. The first-order valence-corrected chi connectivity index (χ1v) is 6.66. The van der Waals surface area contributed by atoms with Gasteiger partial charge in [-0.2, -0.15) is 0 Å². The molecule has 0 aromatic rings. The largest absolute Gasteiger partial charge is 0.465 e. The van der Waals surface area contributed by atoms with Gasteiger partial charge in [-0.3, -0.25) is 19.2 Å². The van der Waals surface area contributed by atoms with Gasteiger partial charge < -0.3 is 28.8 Å². The molecule has 0 unspecified atom stereocenters. The number of aliphatic hydroxyl groups is 1. The number of hydrogen-bond acceptors (Lipinski definition) is 10. The summed E-state index contributed by atoms with van der Waals surface area (Å²) in [5, 5.41) is 9.95. The van der Waals surface area contributed by atoms with Crippen LogP contribution in [0.25, 0.3) is 0 Å². The van der Waals surface area contributed by atoms with Crippen LogP contribution in [0.15, 0.2) is 0 Å². The molecule has 0 radical (unpaired) electrons. The zero-order valence-corrected chi connectivity index (χ0v) is 12.8. The van der Waals surface area contributed by atoms with Gasteiger partial charge in [-0.15, -0.1) is 0 Å². The van der Waals surface area contributed by atoms with Gasteiger partial charge in [0, 0.05) is 20.8 Å². The maximum absolute atomic E-state index is 11.3. The van der Waals surface area contributed by atoms with Gasteiger partial charge in [-0.25, -0.2) is 0 Å². The molecule has 1 fully saturated rings. The van der Waals surface area contributed by atoms with Gasteiger partial charge in [0.25, 0.3) is 6.47 Å². The quantitative estimate of drug-likeness (QED) is 0.353. The van der Waals surface area contributed by atoms with Crippen LogP contribution in [-0.4, -0.2) is 66.8 Å². The highest BCUT2D eigenvalue weighted by Gasteiger charge is 2.51. The molecule has 1 aliphatic rings. The van der Waals surface area contributed by atoms with Crippen LogP contribution in [0, 0.1) is 0 Å². The van der Waals surface area contributed by atoms with Gasteiger partial charge in [0.05, 0.1) is 0 Å². The van der Waals surface area contributed by atoms with Crippen molar-refractivity contribution in [3.63, 3.8) is 0 Å². The molecule has 1 heterocycles. The Balaban J connectivity index is 3.10. The fourth-order valence-electron chi connectivity index (χ4n) is 2.14. The lowest BCUT2D eigenvalue weighted by Crippen LogP contribution is -2.62. The predicted octanol–water partition coefficient (Wildman–Crippen LogP) is -1.33. The summed E-state index contributed by atoms with van der Waals surface area (Å²) in [7, 11) is 0. The maximum Gasteiger partial charge on any atom is 0.303 e. The van der Waals surface area contributed by atoms with Crippen molar-refractivity contribution in [3.8, 4) is 0 Å². The number of rotatable bonds is 6. The fourth-order valence-corrected chi connectivity index (χ4v) is 2.14. The van der Waals surface area contributed by atoms with E-state index in [0.29, 0.717) is 0 Å². The third-order valence-corrected chi connectivity index (χ3v) is 2.84. The van der Waals surface area contributed by atoms with Gasteiger partial charge in [-0.05, 0) is 0 Å². The van der Waals surface area contributed by atoms with Gasteiger partial charge >= 0.3 is 17.9 Å². The summed E-state index contributed by atoms with van der Waals surface area (Å²) in [4.78, 5) is 44.1. The number of carbonyl (C=O) groups excluding carboxylic acids is 4. The Labute approximate surface area is 131 Å². The van der Waals surface area contributed by atoms with E-state index in [0.717, 1.165) is 20.8 Å². The van der Waals surface area contributed by atoms with Crippen LogP contribution in [0.2, 0.25) is 0 Å². The Morgan fingerprint density at radius 2 is 1.43 bits per heavy atom. The molecule has 130 valence electrons. The highest BCUT2D eigenvalue weighted by molar-refractivity contribution is 5.68. The van der Waals surface area contributed by atoms with Gasteiger partial charge in [0.2, 0.25) is 0 Å². The number of esters is 3. The minimum absolute atomic E-state index is 0.138. The van der Waals surface area contributed by atoms with E-state index >= 15 is 0 Å². The Morgan fingerprint density at radius 3 is 1.91 bits per heavy atom. The minimum Gasteiger partial charge on any atom is -0.465 e. The van der Waals surface area contributed by atoms with Gasteiger partial charge in [0.15, 0.2) is 24.6 Å². The summed E-state index contributed by atoms with van der Waals surface area (Å²) < 4.78 is 24.6. The molecule has 1 rings (SSSR count). The smallest absolute Gasteiger partial charge is 0.303 e. The highest BCUT2D eigenvalue weighted by atomic mass is 16.7. The number of aliphatic hydroxyl groups excluding tert-OH is 1. The topological polar surface area (TPSA) is 135 Å². The molecule has 0 aromatic carbocycles. The normalized spacial score (nSPS) is 30.0. The fraction of sp³-hybridized carbons (Fsp3) is 0.692. The average molecular weight is 334 g/mol. The first-order chi connectivity index (χ1) is 10.8. The molecule has 0 spiro atoms. The molecule has 0 bridgehead atoms. The minimum atomic E-state index is -1.67. The van der Waals surface area contributed by atoms with E-state index in [-0.39, 0.29) is 13.1 Å². The Kier molecular flexibility index (Phi) is 6.91. The number of ether oxygens (including phenoxy) is 5. The molecule has 0 amide bonds. The molecule has 1 saturated heterocycles. The molecular formula is C13H18O10. The van der Waals surface area contributed by atoms with Crippen molar-refractivity contribution in [1.82, 2.24) is 0 Å². The van der Waals surface area contributed by atoms with Crippen LogP contribution in [-0.2, 0) is 42.9 Å². The molecule has 23 heavy (non-hydrogen) atoms. The molecule has 5 atom stereocenters. The monoisotopic (exact) mass is 334 g/mol. The van der Waals surface area contributed by atoms with Crippen molar-refractivity contribution in [2.75, 3.05) is 6.61 Å². The SMILES string of the molecule is CC(=O)O[C@@H]1[C@@H](OC(C)=O)[C@@H](O)O[C@H](COC=O)[C@H]1OC(C)=O. The first kappa shape index (κ1) is 18.8. The second-order valence-corrected chi connectivity index (χ2v) is 4.72. The van der Waals surface area contributed by atoms with E-state index in [1.54, 1.807) is 0 Å². The molecule has 1 N–H and O–H groups in total. The van der Waals surface area contributed by atoms with E-state index in [9.17, 15) is 24.3 Å². The number of carbonyl (C=O) groups is 4. The third-order valence-electron chi connectivity index (χ3n) is 2.84. The van der Waals surface area contributed by atoms with Crippen molar-refractivity contribution >= 4 is 24.4 Å². The lowest BCUT2D eigenvalue weighted by Gasteiger charge is -2.42. The molecule has 0 aliphatic carbocycles. The Morgan fingerprint density at radius 1 is 0.957 bits per heavy atom. The number of hydrogen-bond donors (Lipinski definition) is 1. The summed E-state index contributed by atoms with van der Waals surface area (Å²) in [6.45, 7) is 3.05. The van der Waals surface area contributed by atoms with E-state index in [4.69, 9.17) is 18.9 Å². The van der Waals surface area contributed by atoms with Crippen LogP contribution in [0.4, 0.5) is 0 Å². The van der Waals surface area contributed by atoms with E-state index in [1.807, 2.05) is 0 Å². The second-order valence-electron chi connectivity index (χ2n) is 4.72. The highest BCUT2D eigenvalue weighted by Crippen LogP contribution is 2.27. The second kappa shape index (κ2) is 8.44. The van der Waals surface area contributed by atoms with E-state index in [1.165, 1.54) is 0 Å². The zero-order valence-electron chi connectivity index (χ0n) is 12.8. The molecule has 10 heteroatoms. The van der Waals surface area contributed by atoms with Crippen LogP contribution < -0.4 is 0 Å². The average Bonchev–Trinajstić information content (AvgIpc) is 2.42. The maximum atomic E-state index is 11.3. The van der Waals surface area contributed by atoms with E-state index < -0.39 is 48.6 Å². The van der Waals surface area contributed by atoms with Crippen molar-refractivity contribution in [1.29, 1.82) is 0 Å². The summed E-state index contributed by atoms with van der Waals surface area (Å²) >= 11 is 0. The van der Waals surface area contributed by atoms with Crippen LogP contribution in [0.1, 0.15) is 20.8 Å². The summed E-state index contributed by atoms with van der Waals surface area (Å²) in [6, 6.07) is 0. The first-order valence-electron chi connectivity index (χ1n) is 6.66. The predicted molar refractivity (Wildman–Crippen MR) is 69.6 cm³/mol. The van der Waals surface area contributed by atoms with Crippen molar-refractivity contribution in [2.45, 2.75) is 51.5 Å². The third kappa shape index (κ3) is 5.49. The van der Waals surface area contributed by atoms with Crippen molar-refractivity contribution in [3.05, 3.63) is 0 Å². The Hall–Kier alpha value is -2.20. The molecule has 1 aliphatic heterocycles. The van der Waals surface area contributed by atoms with Crippen molar-refractivity contribution in [2.24, 2.45) is 0 Å². The van der Waals surface area contributed by atoms with E-state index in [2.05, 4.69) is 4.74 Å². The Bertz CT molecular complexity index is 462. The summed E-state index contributed by atoms with van der Waals surface area (Å²) in [5.74, 6) is -2.25. The molecule has 0 saturated carbocycles. The van der Waals surface area contributed by atoms with Crippen LogP contribution in [0.5, 0.6) is 0 Å². The van der Waals surface area contributed by atoms with Crippen molar-refractivity contribution < 1.29 is 48.0 Å². The molecular weight excluding hydrogens is 316 g/mol. The summed E-state index contributed by atoms with van der Waals surface area (Å²) in [5.41, 5.74) is 0. The van der Waals surface area contributed by atoms with Gasteiger partial charge in [0.1, 0.15) is 12.7 Å². The lowest BCUT2D eigenvalue weighted by atomic mass is 9.98. The molecule has 10 nitrogen and oxygen atoms in total. The standard InChI is InChI=1S/C13H18O10/c1-6(15)20-10-9(4-19-5-14)23-13(18)12(22-8(3)17)11(10)21-7(2)16/h5,9-13,18H,4H2,1-3H3/t9-,10-,11+,12-,13+/m1/s1. The van der Waals surface area contributed by atoms with Crippen LogP contribution in [0.3, 0.4) is 0 Å². The van der Waals surface area contributed by atoms with Gasteiger partial charge in [-0.1, -0.05) is 0 Å². The molecule has 0 aromatic heterocycles. The zero-order chi connectivity index (χ0) is 17.6. The van der Waals surface area contributed by atoms with Crippen LogP contribution >= 0.6 is 0 Å².